The molecule has 0 atom stereocenters. The number of hydrogen-bond acceptors (Lipinski definition) is 7. The van der Waals surface area contributed by atoms with Crippen molar-refractivity contribution in [2.45, 2.75) is 56.4 Å². The van der Waals surface area contributed by atoms with E-state index in [0.29, 0.717) is 22.5 Å². The van der Waals surface area contributed by atoms with Crippen LogP contribution in [0.1, 0.15) is 54.5 Å². The number of anilines is 1. The van der Waals surface area contributed by atoms with E-state index in [0.717, 1.165) is 43.0 Å². The number of fused-ring (bicyclic) bond motifs is 3. The average molecular weight is 527 g/mol. The zero-order chi connectivity index (χ0) is 25.6. The number of alkyl halides is 3. The summed E-state index contributed by atoms with van der Waals surface area (Å²) in [6.07, 6.45) is -0.724. The number of benzene rings is 1. The minimum Gasteiger partial charge on any atom is -0.340 e. The molecule has 3 fully saturated rings. The highest BCUT2D eigenvalue weighted by molar-refractivity contribution is 6.30. The minimum atomic E-state index is -4.31. The van der Waals surface area contributed by atoms with Gasteiger partial charge in [-0.1, -0.05) is 11.6 Å². The van der Waals surface area contributed by atoms with E-state index in [1.54, 1.807) is 24.4 Å². The van der Waals surface area contributed by atoms with Crippen molar-refractivity contribution in [2.75, 3.05) is 18.0 Å². The summed E-state index contributed by atoms with van der Waals surface area (Å²) in [6, 6.07) is 9.02. The normalized spacial score (nSPS) is 21.9. The van der Waals surface area contributed by atoms with Crippen LogP contribution in [0.2, 0.25) is 5.02 Å². The lowest BCUT2D eigenvalue weighted by atomic mass is 9.57. The summed E-state index contributed by atoms with van der Waals surface area (Å²) < 4.78 is 44.1. The molecule has 4 heterocycles. The fourth-order valence-corrected chi connectivity index (χ4v) is 6.58. The first-order valence-corrected chi connectivity index (χ1v) is 12.6. The van der Waals surface area contributed by atoms with E-state index in [-0.39, 0.29) is 37.3 Å². The van der Waals surface area contributed by atoms with Crippen LogP contribution in [0, 0.1) is 16.7 Å². The quantitative estimate of drug-likeness (QED) is 0.500. The second kappa shape index (κ2) is 7.65. The van der Waals surface area contributed by atoms with Gasteiger partial charge in [-0.15, -0.1) is 10.2 Å². The highest BCUT2D eigenvalue weighted by atomic mass is 35.5. The molecule has 8 nitrogen and oxygen atoms in total. The van der Waals surface area contributed by atoms with Crippen LogP contribution in [0.25, 0.3) is 5.69 Å². The predicted octanol–water partition coefficient (Wildman–Crippen LogP) is 4.38. The molecule has 2 aliphatic carbocycles. The van der Waals surface area contributed by atoms with Crippen LogP contribution in [0.15, 0.2) is 30.5 Å². The highest BCUT2D eigenvalue weighted by Crippen LogP contribution is 2.57. The standard InChI is InChI=1S/C25H22ClF3N8/c26-17-1-2-19-15(7-17)11-36(24(4-5-24)25(27,28)29)12-20-33-34-21(37(19)20)16-8-23(9-16)13-35(14-23)22-31-6-3-18(10-30)32-22/h1-3,6-7,16H,4-5,8-9,11-14H2. The number of aromatic nitrogens is 5. The smallest absolute Gasteiger partial charge is 0.340 e. The van der Waals surface area contributed by atoms with Gasteiger partial charge in [-0.05, 0) is 55.5 Å². The molecule has 4 aliphatic rings. The number of nitriles is 1. The van der Waals surface area contributed by atoms with E-state index in [9.17, 15) is 13.2 Å². The Balaban J connectivity index is 1.15. The molecule has 0 N–H and O–H groups in total. The van der Waals surface area contributed by atoms with Crippen molar-refractivity contribution in [1.82, 2.24) is 29.6 Å². The van der Waals surface area contributed by atoms with Gasteiger partial charge < -0.3 is 4.90 Å². The third kappa shape index (κ3) is 3.45. The van der Waals surface area contributed by atoms with Crippen LogP contribution in [0.4, 0.5) is 19.1 Å². The maximum absolute atomic E-state index is 14.0. The van der Waals surface area contributed by atoms with Crippen molar-refractivity contribution < 1.29 is 13.2 Å². The predicted molar refractivity (Wildman–Crippen MR) is 127 cm³/mol. The first-order valence-electron chi connectivity index (χ1n) is 12.2. The Hall–Kier alpha value is -3.23. The molecule has 2 saturated carbocycles. The minimum absolute atomic E-state index is 0.0804. The summed E-state index contributed by atoms with van der Waals surface area (Å²) in [6.45, 7) is 1.83. The Morgan fingerprint density at radius 1 is 1.08 bits per heavy atom. The fourth-order valence-electron chi connectivity index (χ4n) is 6.39. The summed E-state index contributed by atoms with van der Waals surface area (Å²) in [4.78, 5) is 12.2. The molecular weight excluding hydrogens is 505 g/mol. The molecule has 1 aromatic carbocycles. The fraction of sp³-hybridized carbons (Fsp3) is 0.480. The Kier molecular flexibility index (Phi) is 4.74. The van der Waals surface area contributed by atoms with Crippen LogP contribution < -0.4 is 4.90 Å². The van der Waals surface area contributed by atoms with E-state index in [4.69, 9.17) is 16.9 Å². The highest BCUT2D eigenvalue weighted by Gasteiger charge is 2.67. The lowest BCUT2D eigenvalue weighted by Gasteiger charge is -2.58. The Labute approximate surface area is 215 Å². The van der Waals surface area contributed by atoms with E-state index in [2.05, 4.69) is 25.1 Å². The van der Waals surface area contributed by atoms with Gasteiger partial charge in [0, 0.05) is 42.2 Å². The molecule has 7 rings (SSSR count). The van der Waals surface area contributed by atoms with Crippen LogP contribution in [-0.4, -0.2) is 54.4 Å². The average Bonchev–Trinajstić information content (AvgIpc) is 3.57. The summed E-state index contributed by atoms with van der Waals surface area (Å²) in [5, 5.41) is 18.5. The van der Waals surface area contributed by atoms with Gasteiger partial charge in [-0.25, -0.2) is 9.97 Å². The van der Waals surface area contributed by atoms with E-state index < -0.39 is 11.7 Å². The van der Waals surface area contributed by atoms with E-state index in [1.165, 1.54) is 4.90 Å². The molecule has 2 aromatic heterocycles. The van der Waals surface area contributed by atoms with Crippen LogP contribution in [-0.2, 0) is 13.1 Å². The van der Waals surface area contributed by atoms with Crippen molar-refractivity contribution in [3.05, 3.63) is 58.4 Å². The van der Waals surface area contributed by atoms with Gasteiger partial charge in [-0.2, -0.15) is 18.4 Å². The number of halogens is 4. The van der Waals surface area contributed by atoms with Gasteiger partial charge >= 0.3 is 6.18 Å². The number of rotatable bonds is 3. The molecule has 12 heteroatoms. The zero-order valence-corrected chi connectivity index (χ0v) is 20.5. The Bertz CT molecular complexity index is 1440. The Morgan fingerprint density at radius 2 is 1.86 bits per heavy atom. The second-order valence-electron chi connectivity index (χ2n) is 10.8. The van der Waals surface area contributed by atoms with Gasteiger partial charge in [-0.3, -0.25) is 9.47 Å². The topological polar surface area (TPSA) is 86.8 Å². The summed E-state index contributed by atoms with van der Waals surface area (Å²) in [7, 11) is 0. The third-order valence-corrected chi connectivity index (χ3v) is 8.64. The monoisotopic (exact) mass is 526 g/mol. The maximum Gasteiger partial charge on any atom is 0.406 e. The summed E-state index contributed by atoms with van der Waals surface area (Å²) >= 11 is 6.27. The van der Waals surface area contributed by atoms with Crippen molar-refractivity contribution in [1.29, 1.82) is 5.26 Å². The molecular formula is C25H22ClF3N8. The van der Waals surface area contributed by atoms with Gasteiger partial charge in [0.15, 0.2) is 5.82 Å². The van der Waals surface area contributed by atoms with Crippen molar-refractivity contribution in [2.24, 2.45) is 5.41 Å². The van der Waals surface area contributed by atoms with E-state index >= 15 is 0 Å². The van der Waals surface area contributed by atoms with Crippen LogP contribution >= 0.6 is 11.6 Å². The zero-order valence-electron chi connectivity index (χ0n) is 19.7. The van der Waals surface area contributed by atoms with E-state index in [1.807, 2.05) is 16.7 Å². The van der Waals surface area contributed by atoms with Gasteiger partial charge in [0.1, 0.15) is 23.1 Å². The SMILES string of the molecule is N#Cc1ccnc(N2CC3(CC(c4nnc5n4-c4ccc(Cl)cc4CN(C4(C(F)(F)F)CC4)C5)C3)C2)n1. The lowest BCUT2D eigenvalue weighted by Crippen LogP contribution is -2.62. The molecule has 3 aromatic rings. The van der Waals surface area contributed by atoms with Crippen LogP contribution in [0.3, 0.4) is 0 Å². The molecule has 0 amide bonds. The Morgan fingerprint density at radius 3 is 2.57 bits per heavy atom. The van der Waals surface area contributed by atoms with Gasteiger partial charge in [0.25, 0.3) is 0 Å². The molecule has 1 spiro atoms. The molecule has 190 valence electrons. The summed E-state index contributed by atoms with van der Waals surface area (Å²) in [5.74, 6) is 2.05. The number of nitrogens with zero attached hydrogens (tertiary/aromatic N) is 8. The molecule has 37 heavy (non-hydrogen) atoms. The van der Waals surface area contributed by atoms with Crippen molar-refractivity contribution >= 4 is 17.5 Å². The first kappa shape index (κ1) is 22.9. The largest absolute Gasteiger partial charge is 0.406 e. The molecule has 0 bridgehead atoms. The molecule has 1 saturated heterocycles. The maximum atomic E-state index is 14.0. The molecule has 0 unspecified atom stereocenters. The van der Waals surface area contributed by atoms with Crippen molar-refractivity contribution in [3.63, 3.8) is 0 Å². The lowest BCUT2D eigenvalue weighted by molar-refractivity contribution is -0.200. The second-order valence-corrected chi connectivity index (χ2v) is 11.2. The van der Waals surface area contributed by atoms with Crippen molar-refractivity contribution in [3.8, 4) is 11.8 Å². The molecule has 0 radical (unpaired) electrons. The first-order chi connectivity index (χ1) is 17.7. The summed E-state index contributed by atoms with van der Waals surface area (Å²) in [5.41, 5.74) is 0.208. The molecule has 2 aliphatic heterocycles. The van der Waals surface area contributed by atoms with Gasteiger partial charge in [0.05, 0.1) is 12.2 Å². The number of hydrogen-bond donors (Lipinski definition) is 0. The van der Waals surface area contributed by atoms with Crippen LogP contribution in [0.5, 0.6) is 0 Å². The third-order valence-electron chi connectivity index (χ3n) is 8.40. The van der Waals surface area contributed by atoms with Gasteiger partial charge in [0.2, 0.25) is 5.95 Å².